The molecule has 0 heterocycles. The molecular weight excluding hydrogens is 402 g/mol. The van der Waals surface area contributed by atoms with Crippen LogP contribution in [0.3, 0.4) is 0 Å². The number of nitrogens with one attached hydrogen (secondary N) is 1. The average Bonchev–Trinajstić information content (AvgIpc) is 2.64. The Labute approximate surface area is 169 Å². The van der Waals surface area contributed by atoms with Gasteiger partial charge in [-0.2, -0.15) is 0 Å². The molecule has 0 fully saturated rings. The molecule has 158 valence electrons. The molecule has 0 aliphatic rings. The van der Waals surface area contributed by atoms with Gasteiger partial charge < -0.3 is 10.1 Å². The number of rotatable bonds is 10. The fraction of sp³-hybridized carbons (Fsp3) is 0.350. The first-order chi connectivity index (χ1) is 13.7. The molecule has 0 radical (unpaired) electrons. The van der Waals surface area contributed by atoms with E-state index in [1.807, 2.05) is 31.2 Å². The lowest BCUT2D eigenvalue weighted by Gasteiger charge is -2.23. The van der Waals surface area contributed by atoms with Crippen LogP contribution in [0.4, 0.5) is 14.5 Å². The van der Waals surface area contributed by atoms with Crippen LogP contribution >= 0.6 is 0 Å². The molecule has 9 heteroatoms. The standard InChI is InChI=1S/C20H24F2N2O4S/c1-15-7-3-4-10-18(15)28-14-12-23-19(25)11-6-13-24(29(2,26)27)20-16(21)8-5-9-17(20)22/h3-5,7-10H,6,11-14H2,1-2H3,(H,23,25). The zero-order valence-corrected chi connectivity index (χ0v) is 17.1. The van der Waals surface area contributed by atoms with Crippen molar-refractivity contribution in [2.45, 2.75) is 19.8 Å². The summed E-state index contributed by atoms with van der Waals surface area (Å²) in [5.41, 5.74) is 0.349. The van der Waals surface area contributed by atoms with Crippen molar-refractivity contribution in [2.75, 3.05) is 30.3 Å². The number of anilines is 1. The van der Waals surface area contributed by atoms with Gasteiger partial charge in [-0.3, -0.25) is 9.10 Å². The van der Waals surface area contributed by atoms with Gasteiger partial charge in [-0.15, -0.1) is 0 Å². The number of amides is 1. The molecule has 6 nitrogen and oxygen atoms in total. The van der Waals surface area contributed by atoms with Crippen molar-refractivity contribution in [3.8, 4) is 5.75 Å². The van der Waals surface area contributed by atoms with Crippen molar-refractivity contribution in [3.05, 3.63) is 59.7 Å². The van der Waals surface area contributed by atoms with Crippen LogP contribution in [0, 0.1) is 18.6 Å². The van der Waals surface area contributed by atoms with Crippen LogP contribution in [0.15, 0.2) is 42.5 Å². The summed E-state index contributed by atoms with van der Waals surface area (Å²) in [5, 5.41) is 2.67. The summed E-state index contributed by atoms with van der Waals surface area (Å²) in [6, 6.07) is 10.6. The van der Waals surface area contributed by atoms with Crippen LogP contribution in [0.5, 0.6) is 5.75 Å². The molecule has 1 amide bonds. The normalized spacial score (nSPS) is 11.2. The van der Waals surface area contributed by atoms with Crippen LogP contribution in [-0.2, 0) is 14.8 Å². The molecule has 0 atom stereocenters. The van der Waals surface area contributed by atoms with Gasteiger partial charge in [0.05, 0.1) is 12.8 Å². The molecule has 0 aromatic heterocycles. The number of hydrogen-bond acceptors (Lipinski definition) is 4. The van der Waals surface area contributed by atoms with E-state index in [1.54, 1.807) is 0 Å². The second kappa shape index (κ2) is 10.2. The Balaban J connectivity index is 1.82. The molecule has 1 N–H and O–H groups in total. The van der Waals surface area contributed by atoms with Crippen molar-refractivity contribution >= 4 is 21.6 Å². The number of carbonyl (C=O) groups is 1. The van der Waals surface area contributed by atoms with Crippen LogP contribution < -0.4 is 14.4 Å². The molecule has 0 bridgehead atoms. The Hall–Kier alpha value is -2.68. The third-order valence-electron chi connectivity index (χ3n) is 4.13. The Bertz CT molecular complexity index is 931. The molecular formula is C20H24F2N2O4S. The number of hydrogen-bond donors (Lipinski definition) is 1. The Morgan fingerprint density at radius 2 is 1.76 bits per heavy atom. The summed E-state index contributed by atoms with van der Waals surface area (Å²) in [4.78, 5) is 11.9. The van der Waals surface area contributed by atoms with Gasteiger partial charge in [0.25, 0.3) is 0 Å². The first-order valence-electron chi connectivity index (χ1n) is 9.07. The number of sulfonamides is 1. The minimum Gasteiger partial charge on any atom is -0.491 e. The van der Waals surface area contributed by atoms with Crippen molar-refractivity contribution in [2.24, 2.45) is 0 Å². The smallest absolute Gasteiger partial charge is 0.232 e. The number of halogens is 2. The SMILES string of the molecule is Cc1ccccc1OCCNC(=O)CCCN(c1c(F)cccc1F)S(C)(=O)=O. The molecule has 0 aliphatic heterocycles. The summed E-state index contributed by atoms with van der Waals surface area (Å²) < 4.78 is 58.0. The van der Waals surface area contributed by atoms with Gasteiger partial charge >= 0.3 is 0 Å². The number of benzene rings is 2. The maximum Gasteiger partial charge on any atom is 0.232 e. The van der Waals surface area contributed by atoms with Crippen LogP contribution in [-0.4, -0.2) is 40.3 Å². The summed E-state index contributed by atoms with van der Waals surface area (Å²) in [5.74, 6) is -1.53. The summed E-state index contributed by atoms with van der Waals surface area (Å²) in [7, 11) is -3.91. The Kier molecular flexibility index (Phi) is 7.95. The van der Waals surface area contributed by atoms with Crippen molar-refractivity contribution in [1.29, 1.82) is 0 Å². The highest BCUT2D eigenvalue weighted by Gasteiger charge is 2.24. The molecule has 2 aromatic rings. The predicted octanol–water partition coefficient (Wildman–Crippen LogP) is 3.01. The Morgan fingerprint density at radius 3 is 2.38 bits per heavy atom. The zero-order chi connectivity index (χ0) is 21.4. The monoisotopic (exact) mass is 426 g/mol. The summed E-state index contributed by atoms with van der Waals surface area (Å²) in [6.07, 6.45) is 0.972. The van der Waals surface area contributed by atoms with E-state index in [0.717, 1.165) is 35.8 Å². The first kappa shape index (κ1) is 22.6. The first-order valence-corrected chi connectivity index (χ1v) is 10.9. The fourth-order valence-electron chi connectivity index (χ4n) is 2.71. The van der Waals surface area contributed by atoms with Gasteiger partial charge in [0.1, 0.15) is 18.0 Å². The van der Waals surface area contributed by atoms with E-state index in [0.29, 0.717) is 4.31 Å². The van der Waals surface area contributed by atoms with E-state index < -0.39 is 27.3 Å². The van der Waals surface area contributed by atoms with Gasteiger partial charge in [0, 0.05) is 13.0 Å². The highest BCUT2D eigenvalue weighted by atomic mass is 32.2. The summed E-state index contributed by atoms with van der Waals surface area (Å²) in [6.45, 7) is 2.26. The predicted molar refractivity (Wildman–Crippen MR) is 107 cm³/mol. The molecule has 0 spiro atoms. The Morgan fingerprint density at radius 1 is 1.10 bits per heavy atom. The highest BCUT2D eigenvalue weighted by molar-refractivity contribution is 7.92. The van der Waals surface area contributed by atoms with E-state index >= 15 is 0 Å². The number of ether oxygens (including phenoxy) is 1. The van der Waals surface area contributed by atoms with Crippen LogP contribution in [0.2, 0.25) is 0 Å². The number of nitrogens with zero attached hydrogens (tertiary/aromatic N) is 1. The van der Waals surface area contributed by atoms with Crippen molar-refractivity contribution < 1.29 is 26.7 Å². The molecule has 0 unspecified atom stereocenters. The average molecular weight is 426 g/mol. The molecule has 2 aromatic carbocycles. The van der Waals surface area contributed by atoms with Crippen LogP contribution in [0.25, 0.3) is 0 Å². The van der Waals surface area contributed by atoms with Crippen molar-refractivity contribution in [3.63, 3.8) is 0 Å². The van der Waals surface area contributed by atoms with Gasteiger partial charge in [0.15, 0.2) is 11.6 Å². The molecule has 0 aliphatic carbocycles. The highest BCUT2D eigenvalue weighted by Crippen LogP contribution is 2.25. The summed E-state index contributed by atoms with van der Waals surface area (Å²) >= 11 is 0. The minimum absolute atomic E-state index is 0.00641. The number of carbonyl (C=O) groups excluding carboxylic acids is 1. The lowest BCUT2D eigenvalue weighted by molar-refractivity contribution is -0.121. The van der Waals surface area contributed by atoms with E-state index in [-0.39, 0.29) is 38.4 Å². The quantitative estimate of drug-likeness (QED) is 0.593. The molecule has 0 saturated carbocycles. The lowest BCUT2D eigenvalue weighted by Crippen LogP contribution is -2.34. The maximum atomic E-state index is 14.0. The van der Waals surface area contributed by atoms with Crippen molar-refractivity contribution in [1.82, 2.24) is 5.32 Å². The van der Waals surface area contributed by atoms with Gasteiger partial charge in [0.2, 0.25) is 15.9 Å². The zero-order valence-electron chi connectivity index (χ0n) is 16.3. The van der Waals surface area contributed by atoms with E-state index in [4.69, 9.17) is 4.74 Å². The minimum atomic E-state index is -3.91. The van der Waals surface area contributed by atoms with Gasteiger partial charge in [-0.1, -0.05) is 24.3 Å². The molecule has 0 saturated heterocycles. The van der Waals surface area contributed by atoms with Crippen LogP contribution in [0.1, 0.15) is 18.4 Å². The number of aryl methyl sites for hydroxylation is 1. The number of para-hydroxylation sites is 2. The fourth-order valence-corrected chi connectivity index (χ4v) is 3.68. The van der Waals surface area contributed by atoms with Gasteiger partial charge in [-0.25, -0.2) is 17.2 Å². The van der Waals surface area contributed by atoms with E-state index in [9.17, 15) is 22.0 Å². The second-order valence-corrected chi connectivity index (χ2v) is 8.38. The second-order valence-electron chi connectivity index (χ2n) is 6.47. The van der Waals surface area contributed by atoms with Gasteiger partial charge in [-0.05, 0) is 37.1 Å². The maximum absolute atomic E-state index is 14.0. The topological polar surface area (TPSA) is 75.7 Å². The molecule has 29 heavy (non-hydrogen) atoms. The largest absolute Gasteiger partial charge is 0.491 e. The van der Waals surface area contributed by atoms with E-state index in [2.05, 4.69) is 5.32 Å². The third kappa shape index (κ3) is 6.70. The molecule has 2 rings (SSSR count). The van der Waals surface area contributed by atoms with E-state index in [1.165, 1.54) is 0 Å². The lowest BCUT2D eigenvalue weighted by atomic mass is 10.2. The third-order valence-corrected chi connectivity index (χ3v) is 5.29.